The molecule has 3 heterocycles. The van der Waals surface area contributed by atoms with E-state index in [2.05, 4.69) is 10.1 Å². The Labute approximate surface area is 141 Å². The number of aromatic nitrogens is 3. The highest BCUT2D eigenvalue weighted by atomic mass is 32.1. The Bertz CT molecular complexity index is 841. The van der Waals surface area contributed by atoms with Gasteiger partial charge in [0.25, 0.3) is 6.43 Å². The maximum absolute atomic E-state index is 13.2. The highest BCUT2D eigenvalue weighted by molar-refractivity contribution is 7.16. The number of halogens is 5. The van der Waals surface area contributed by atoms with Crippen LogP contribution in [-0.2, 0) is 17.9 Å². The van der Waals surface area contributed by atoms with Crippen LogP contribution in [0.25, 0.3) is 4.96 Å². The molecule has 0 atom stereocenters. The third-order valence-electron chi connectivity index (χ3n) is 3.51. The first-order valence-corrected chi connectivity index (χ1v) is 7.81. The minimum atomic E-state index is -4.45. The lowest BCUT2D eigenvalue weighted by atomic mass is 10.2. The van der Waals surface area contributed by atoms with Crippen LogP contribution in [0.3, 0.4) is 0 Å². The number of hydrogen-bond donors (Lipinski definition) is 1. The molecule has 0 spiro atoms. The normalized spacial score (nSPS) is 15.7. The molecule has 136 valence electrons. The maximum Gasteiger partial charge on any atom is 0.392 e. The van der Waals surface area contributed by atoms with E-state index in [0.29, 0.717) is 0 Å². The van der Waals surface area contributed by atoms with Gasteiger partial charge in [-0.05, 0) is 5.57 Å². The standard InChI is InChI=1S/C13H11F5N4O2S/c14-11(15)10-7(22-12(19-10)25-8(5-23)20-22)4-21-3-6(1-9(21)24)2-13(16,17)18/h1,11,23H,2-5H2. The van der Waals surface area contributed by atoms with Gasteiger partial charge in [0.2, 0.25) is 10.9 Å². The van der Waals surface area contributed by atoms with Crippen molar-refractivity contribution >= 4 is 22.2 Å². The molecule has 1 amide bonds. The van der Waals surface area contributed by atoms with Crippen LogP contribution in [-0.4, -0.2) is 43.2 Å². The molecule has 0 unspecified atom stereocenters. The first-order valence-electron chi connectivity index (χ1n) is 6.99. The van der Waals surface area contributed by atoms with Crippen LogP contribution in [0.4, 0.5) is 22.0 Å². The summed E-state index contributed by atoms with van der Waals surface area (Å²) >= 11 is 0.909. The highest BCUT2D eigenvalue weighted by Gasteiger charge is 2.34. The number of aliphatic hydroxyl groups excluding tert-OH is 1. The summed E-state index contributed by atoms with van der Waals surface area (Å²) in [5.74, 6) is -0.688. The lowest BCUT2D eigenvalue weighted by molar-refractivity contribution is -0.128. The summed E-state index contributed by atoms with van der Waals surface area (Å²) in [6.45, 7) is -1.06. The molecule has 0 fully saturated rings. The average molecular weight is 382 g/mol. The quantitative estimate of drug-likeness (QED) is 0.807. The van der Waals surface area contributed by atoms with Gasteiger partial charge in [0.15, 0.2) is 0 Å². The molecular formula is C13H11F5N4O2S. The van der Waals surface area contributed by atoms with Crippen LogP contribution in [0, 0.1) is 0 Å². The van der Waals surface area contributed by atoms with Crippen molar-refractivity contribution in [2.24, 2.45) is 0 Å². The number of carbonyl (C=O) groups is 1. The second-order valence-corrected chi connectivity index (χ2v) is 6.42. The lowest BCUT2D eigenvalue weighted by Crippen LogP contribution is -2.27. The van der Waals surface area contributed by atoms with Crippen molar-refractivity contribution < 1.29 is 31.9 Å². The number of rotatable bonds is 5. The summed E-state index contributed by atoms with van der Waals surface area (Å²) in [7, 11) is 0. The van der Waals surface area contributed by atoms with Crippen molar-refractivity contribution in [1.29, 1.82) is 0 Å². The average Bonchev–Trinajstić information content (AvgIpc) is 3.12. The Hall–Kier alpha value is -2.08. The summed E-state index contributed by atoms with van der Waals surface area (Å²) in [6.07, 6.45) is -7.75. The number of aliphatic hydroxyl groups is 1. The molecule has 1 aliphatic heterocycles. The number of amides is 1. The van der Waals surface area contributed by atoms with Crippen LogP contribution in [0.1, 0.15) is 29.2 Å². The number of carbonyl (C=O) groups excluding carboxylic acids is 1. The minimum Gasteiger partial charge on any atom is -0.389 e. The monoisotopic (exact) mass is 382 g/mol. The molecule has 0 bridgehead atoms. The Morgan fingerprint density at radius 1 is 1.36 bits per heavy atom. The highest BCUT2D eigenvalue weighted by Crippen LogP contribution is 2.31. The van der Waals surface area contributed by atoms with E-state index in [1.165, 1.54) is 0 Å². The van der Waals surface area contributed by atoms with Crippen molar-refractivity contribution in [1.82, 2.24) is 19.5 Å². The first-order chi connectivity index (χ1) is 11.7. The van der Waals surface area contributed by atoms with Crippen molar-refractivity contribution in [2.45, 2.75) is 32.2 Å². The molecule has 6 nitrogen and oxygen atoms in total. The molecule has 0 saturated heterocycles. The topological polar surface area (TPSA) is 70.7 Å². The molecule has 0 radical (unpaired) electrons. The van der Waals surface area contributed by atoms with E-state index >= 15 is 0 Å². The lowest BCUT2D eigenvalue weighted by Gasteiger charge is -2.17. The van der Waals surface area contributed by atoms with Gasteiger partial charge in [-0.25, -0.2) is 18.3 Å². The fourth-order valence-corrected chi connectivity index (χ4v) is 3.32. The maximum atomic E-state index is 13.2. The summed E-state index contributed by atoms with van der Waals surface area (Å²) in [5.41, 5.74) is -0.803. The second-order valence-electron chi connectivity index (χ2n) is 5.38. The smallest absolute Gasteiger partial charge is 0.389 e. The fraction of sp³-hybridized carbons (Fsp3) is 0.462. The van der Waals surface area contributed by atoms with Gasteiger partial charge in [-0.1, -0.05) is 11.3 Å². The Morgan fingerprint density at radius 3 is 2.68 bits per heavy atom. The van der Waals surface area contributed by atoms with Crippen LogP contribution in [0.5, 0.6) is 0 Å². The van der Waals surface area contributed by atoms with Crippen molar-refractivity contribution in [3.8, 4) is 0 Å². The molecule has 12 heteroatoms. The molecule has 2 aromatic rings. The fourth-order valence-electron chi connectivity index (χ4n) is 2.55. The third kappa shape index (κ3) is 3.63. The first kappa shape index (κ1) is 17.7. The molecule has 1 aliphatic rings. The van der Waals surface area contributed by atoms with Gasteiger partial charge in [-0.3, -0.25) is 4.79 Å². The van der Waals surface area contributed by atoms with E-state index < -0.39 is 37.2 Å². The van der Waals surface area contributed by atoms with Crippen LogP contribution >= 0.6 is 11.3 Å². The largest absolute Gasteiger partial charge is 0.392 e. The van der Waals surface area contributed by atoms with Gasteiger partial charge < -0.3 is 10.0 Å². The van der Waals surface area contributed by atoms with Crippen LogP contribution < -0.4 is 0 Å². The van der Waals surface area contributed by atoms with Gasteiger partial charge in [0.1, 0.15) is 10.7 Å². The predicted octanol–water partition coefficient (Wildman–Crippen LogP) is 2.44. The Morgan fingerprint density at radius 2 is 2.08 bits per heavy atom. The zero-order valence-electron chi connectivity index (χ0n) is 12.4. The van der Waals surface area contributed by atoms with Crippen molar-refractivity contribution in [3.05, 3.63) is 28.0 Å². The SMILES string of the molecule is O=C1C=C(CC(F)(F)F)CN1Cc1c(C(F)F)nc2sc(CO)nn12. The van der Waals surface area contributed by atoms with Crippen molar-refractivity contribution in [2.75, 3.05) is 6.54 Å². The van der Waals surface area contributed by atoms with E-state index in [1.54, 1.807) is 0 Å². The van der Waals surface area contributed by atoms with E-state index in [1.807, 2.05) is 0 Å². The number of hydrogen-bond acceptors (Lipinski definition) is 5. The van der Waals surface area contributed by atoms with Crippen molar-refractivity contribution in [3.63, 3.8) is 0 Å². The zero-order valence-corrected chi connectivity index (χ0v) is 13.2. The Kier molecular flexibility index (Phi) is 4.49. The number of nitrogens with zero attached hydrogens (tertiary/aromatic N) is 4. The Balaban J connectivity index is 1.86. The number of alkyl halides is 5. The van der Waals surface area contributed by atoms with Gasteiger partial charge in [0.05, 0.1) is 25.3 Å². The number of fused-ring (bicyclic) bond motifs is 1. The summed E-state index contributed by atoms with van der Waals surface area (Å²) in [5, 5.41) is 13.3. The molecule has 0 aliphatic carbocycles. The molecule has 0 aromatic carbocycles. The van der Waals surface area contributed by atoms with Gasteiger partial charge in [-0.2, -0.15) is 18.3 Å². The van der Waals surface area contributed by atoms with E-state index in [-0.39, 0.29) is 34.3 Å². The molecule has 1 N–H and O–H groups in total. The number of imidazole rings is 1. The molecule has 3 rings (SSSR count). The van der Waals surface area contributed by atoms with Gasteiger partial charge >= 0.3 is 6.18 Å². The molecule has 25 heavy (non-hydrogen) atoms. The van der Waals surface area contributed by atoms with Gasteiger partial charge in [0, 0.05) is 12.6 Å². The van der Waals surface area contributed by atoms with E-state index in [9.17, 15) is 26.7 Å². The molecule has 0 saturated carbocycles. The second kappa shape index (κ2) is 6.33. The third-order valence-corrected chi connectivity index (χ3v) is 4.41. The van der Waals surface area contributed by atoms with Crippen LogP contribution in [0.2, 0.25) is 0 Å². The molecular weight excluding hydrogens is 371 g/mol. The summed E-state index contributed by atoms with van der Waals surface area (Å²) in [4.78, 5) is 16.8. The van der Waals surface area contributed by atoms with Gasteiger partial charge in [-0.15, -0.1) is 0 Å². The molecule has 2 aromatic heterocycles. The predicted molar refractivity (Wildman–Crippen MR) is 75.9 cm³/mol. The minimum absolute atomic E-state index is 0.0871. The summed E-state index contributed by atoms with van der Waals surface area (Å²) in [6, 6.07) is 0. The van der Waals surface area contributed by atoms with E-state index in [0.717, 1.165) is 26.8 Å². The van der Waals surface area contributed by atoms with Crippen LogP contribution in [0.15, 0.2) is 11.6 Å². The zero-order chi connectivity index (χ0) is 18.4. The van der Waals surface area contributed by atoms with E-state index in [4.69, 9.17) is 5.11 Å². The summed E-state index contributed by atoms with van der Waals surface area (Å²) < 4.78 is 64.8.